The van der Waals surface area contributed by atoms with E-state index in [1.54, 1.807) is 5.38 Å². The summed E-state index contributed by atoms with van der Waals surface area (Å²) in [7, 11) is 0. The Kier molecular flexibility index (Phi) is 11.4. The Morgan fingerprint density at radius 3 is 2.43 bits per heavy atom. The van der Waals surface area contributed by atoms with Gasteiger partial charge >= 0.3 is 0 Å². The van der Waals surface area contributed by atoms with E-state index in [0.717, 1.165) is 29.8 Å². The molecule has 1 amide bonds. The zero-order chi connectivity index (χ0) is 19.8. The summed E-state index contributed by atoms with van der Waals surface area (Å²) in [5.41, 5.74) is 9.08. The van der Waals surface area contributed by atoms with Crippen LogP contribution in [0.5, 0.6) is 0 Å². The lowest BCUT2D eigenvalue weighted by molar-refractivity contribution is -0.115. The molecule has 0 unspecified atom stereocenters. The molecule has 1 atom stereocenters. The molecule has 30 heavy (non-hydrogen) atoms. The number of thiazole rings is 1. The Hall–Kier alpha value is -2.16. The highest BCUT2D eigenvalue weighted by atomic mass is 35.5. The number of nitrogens with one attached hydrogen (secondary N) is 2. The lowest BCUT2D eigenvalue weighted by Crippen LogP contribution is -2.23. The number of amides is 1. The number of nitrogens with two attached hydrogens (primary N) is 1. The summed E-state index contributed by atoms with van der Waals surface area (Å²) >= 11 is 1.33. The van der Waals surface area contributed by atoms with Crippen LogP contribution in [-0.4, -0.2) is 29.1 Å². The number of rotatable bonds is 9. The Balaban J connectivity index is 0.00000225. The fourth-order valence-corrected chi connectivity index (χ4v) is 3.36. The highest BCUT2D eigenvalue weighted by molar-refractivity contribution is 7.13. The Morgan fingerprint density at radius 2 is 1.80 bits per heavy atom. The van der Waals surface area contributed by atoms with Crippen LogP contribution in [0.4, 0.5) is 10.8 Å². The average molecular weight is 469 g/mol. The number of aliphatic hydroxyl groups is 1. The second-order valence-corrected chi connectivity index (χ2v) is 7.37. The van der Waals surface area contributed by atoms with Crippen LogP contribution in [-0.2, 0) is 17.6 Å². The predicted octanol–water partition coefficient (Wildman–Crippen LogP) is 3.62. The van der Waals surface area contributed by atoms with Gasteiger partial charge < -0.3 is 21.5 Å². The quantitative estimate of drug-likeness (QED) is 0.359. The number of anilines is 2. The van der Waals surface area contributed by atoms with Crippen LogP contribution in [0.25, 0.3) is 0 Å². The van der Waals surface area contributed by atoms with Crippen molar-refractivity contribution in [3.63, 3.8) is 0 Å². The molecule has 0 aliphatic carbocycles. The minimum Gasteiger partial charge on any atom is -0.387 e. The van der Waals surface area contributed by atoms with E-state index >= 15 is 0 Å². The zero-order valence-electron chi connectivity index (χ0n) is 16.3. The van der Waals surface area contributed by atoms with E-state index in [9.17, 15) is 9.90 Å². The molecule has 0 aliphatic rings. The van der Waals surface area contributed by atoms with E-state index in [-0.39, 0.29) is 37.1 Å². The van der Waals surface area contributed by atoms with E-state index in [1.165, 1.54) is 11.3 Å². The highest BCUT2D eigenvalue weighted by Crippen LogP contribution is 2.14. The van der Waals surface area contributed by atoms with Gasteiger partial charge in [0.15, 0.2) is 5.13 Å². The molecule has 0 bridgehead atoms. The first-order valence-electron chi connectivity index (χ1n) is 9.12. The number of carbonyl (C=O) groups is 1. The molecule has 1 heterocycles. The molecule has 2 aromatic carbocycles. The van der Waals surface area contributed by atoms with Gasteiger partial charge in [-0.25, -0.2) is 4.98 Å². The van der Waals surface area contributed by atoms with E-state index < -0.39 is 6.10 Å². The van der Waals surface area contributed by atoms with E-state index in [1.807, 2.05) is 54.6 Å². The van der Waals surface area contributed by atoms with Crippen molar-refractivity contribution in [2.24, 2.45) is 0 Å². The van der Waals surface area contributed by atoms with Crippen molar-refractivity contribution >= 4 is 52.9 Å². The average Bonchev–Trinajstić information content (AvgIpc) is 3.11. The predicted molar refractivity (Wildman–Crippen MR) is 128 cm³/mol. The van der Waals surface area contributed by atoms with E-state index in [4.69, 9.17) is 5.73 Å². The molecule has 0 radical (unpaired) electrons. The van der Waals surface area contributed by atoms with Gasteiger partial charge in [-0.05, 0) is 36.2 Å². The molecule has 6 nitrogen and oxygen atoms in total. The van der Waals surface area contributed by atoms with Gasteiger partial charge in [-0.15, -0.1) is 36.2 Å². The van der Waals surface area contributed by atoms with Gasteiger partial charge in [-0.3, -0.25) is 4.79 Å². The van der Waals surface area contributed by atoms with Crippen LogP contribution in [0.1, 0.15) is 22.9 Å². The maximum atomic E-state index is 12.0. The first-order chi connectivity index (χ1) is 13.6. The monoisotopic (exact) mass is 468 g/mol. The summed E-state index contributed by atoms with van der Waals surface area (Å²) in [5, 5.41) is 18.5. The number of halogens is 2. The smallest absolute Gasteiger partial charge is 0.230 e. The molecule has 3 aromatic rings. The van der Waals surface area contributed by atoms with E-state index in [0.29, 0.717) is 17.4 Å². The topological polar surface area (TPSA) is 100 Å². The van der Waals surface area contributed by atoms with Crippen LogP contribution in [0.15, 0.2) is 60.0 Å². The largest absolute Gasteiger partial charge is 0.387 e. The molecule has 0 aliphatic heterocycles. The van der Waals surface area contributed by atoms with Crippen molar-refractivity contribution in [1.82, 2.24) is 10.3 Å². The van der Waals surface area contributed by atoms with Gasteiger partial charge in [0, 0.05) is 17.6 Å². The summed E-state index contributed by atoms with van der Waals surface area (Å²) < 4.78 is 0. The molecule has 9 heteroatoms. The van der Waals surface area contributed by atoms with Crippen LogP contribution in [0, 0.1) is 0 Å². The third-order valence-electron chi connectivity index (χ3n) is 4.26. The van der Waals surface area contributed by atoms with Crippen LogP contribution < -0.4 is 16.4 Å². The molecular weight excluding hydrogens is 443 g/mol. The Morgan fingerprint density at radius 1 is 1.10 bits per heavy atom. The van der Waals surface area contributed by atoms with Crippen molar-refractivity contribution in [3.8, 4) is 0 Å². The molecule has 5 N–H and O–H groups in total. The third-order valence-corrected chi connectivity index (χ3v) is 4.98. The maximum Gasteiger partial charge on any atom is 0.230 e. The SMILES string of the molecule is Cl.Cl.Nc1nc(CC(=O)Nc2ccc(CCNC[C@H](O)c3ccccc3)cc2)cs1. The number of aliphatic hydroxyl groups excluding tert-OH is 1. The van der Waals surface area contributed by atoms with Crippen molar-refractivity contribution in [2.45, 2.75) is 18.9 Å². The molecule has 0 fully saturated rings. The van der Waals surface area contributed by atoms with Crippen molar-refractivity contribution < 1.29 is 9.90 Å². The number of hydrogen-bond acceptors (Lipinski definition) is 6. The lowest BCUT2D eigenvalue weighted by Gasteiger charge is -2.12. The number of aromatic nitrogens is 1. The maximum absolute atomic E-state index is 12.0. The molecule has 162 valence electrons. The number of hydrogen-bond donors (Lipinski definition) is 4. The molecular formula is C21H26Cl2N4O2S. The van der Waals surface area contributed by atoms with Gasteiger partial charge in [0.25, 0.3) is 0 Å². The molecule has 3 rings (SSSR count). The molecule has 0 saturated heterocycles. The first kappa shape index (κ1) is 25.9. The van der Waals surface area contributed by atoms with Crippen LogP contribution in [0.2, 0.25) is 0 Å². The van der Waals surface area contributed by atoms with Gasteiger partial charge in [-0.1, -0.05) is 42.5 Å². The third kappa shape index (κ3) is 8.30. The number of nitrogen functional groups attached to an aromatic ring is 1. The molecule has 0 saturated carbocycles. The second-order valence-electron chi connectivity index (χ2n) is 6.48. The minimum absolute atomic E-state index is 0. The minimum atomic E-state index is -0.508. The fraction of sp³-hybridized carbons (Fsp3) is 0.238. The Bertz CT molecular complexity index is 892. The number of carbonyl (C=O) groups excluding carboxylic acids is 1. The highest BCUT2D eigenvalue weighted by Gasteiger charge is 2.08. The standard InChI is InChI=1S/C21H24N4O2S.2ClH/c22-21-25-18(14-28-21)12-20(27)24-17-8-6-15(7-9-17)10-11-23-13-19(26)16-4-2-1-3-5-16;;/h1-9,14,19,23,26H,10-13H2,(H2,22,25)(H,24,27);2*1H/t19-;;/m0../s1. The van der Waals surface area contributed by atoms with Crippen LogP contribution >= 0.6 is 36.2 Å². The summed E-state index contributed by atoms with van der Waals surface area (Å²) in [5.74, 6) is -0.116. The molecule has 0 spiro atoms. The summed E-state index contributed by atoms with van der Waals surface area (Å²) in [6.45, 7) is 1.28. The lowest BCUT2D eigenvalue weighted by atomic mass is 10.1. The Labute approximate surface area is 192 Å². The zero-order valence-corrected chi connectivity index (χ0v) is 18.7. The normalized spacial score (nSPS) is 11.1. The van der Waals surface area contributed by atoms with Gasteiger partial charge in [-0.2, -0.15) is 0 Å². The number of benzene rings is 2. The van der Waals surface area contributed by atoms with Crippen molar-refractivity contribution in [3.05, 3.63) is 76.8 Å². The van der Waals surface area contributed by atoms with Crippen molar-refractivity contribution in [1.29, 1.82) is 0 Å². The van der Waals surface area contributed by atoms with E-state index in [2.05, 4.69) is 15.6 Å². The van der Waals surface area contributed by atoms with Crippen molar-refractivity contribution in [2.75, 3.05) is 24.1 Å². The first-order valence-corrected chi connectivity index (χ1v) is 10.0. The summed E-state index contributed by atoms with van der Waals surface area (Å²) in [6, 6.07) is 17.4. The summed E-state index contributed by atoms with van der Waals surface area (Å²) in [6.07, 6.45) is 0.545. The second kappa shape index (κ2) is 13.2. The van der Waals surface area contributed by atoms with Crippen LogP contribution in [0.3, 0.4) is 0 Å². The van der Waals surface area contributed by atoms with Gasteiger partial charge in [0.2, 0.25) is 5.91 Å². The molecule has 1 aromatic heterocycles. The van der Waals surface area contributed by atoms with Gasteiger partial charge in [0.05, 0.1) is 18.2 Å². The summed E-state index contributed by atoms with van der Waals surface area (Å²) in [4.78, 5) is 16.1. The fourth-order valence-electron chi connectivity index (χ4n) is 2.79. The van der Waals surface area contributed by atoms with Gasteiger partial charge in [0.1, 0.15) is 0 Å². The number of nitrogens with zero attached hydrogens (tertiary/aromatic N) is 1.